The number of ether oxygens (including phenoxy) is 2. The third-order valence-electron chi connectivity index (χ3n) is 2.90. The van der Waals surface area contributed by atoms with Crippen LogP contribution in [0.2, 0.25) is 5.02 Å². The molecular formula is C13H11BrClN3O2. The third kappa shape index (κ3) is 2.29. The van der Waals surface area contributed by atoms with Gasteiger partial charge in [0.15, 0.2) is 17.3 Å². The minimum absolute atomic E-state index is 0.388. The fourth-order valence-electron chi connectivity index (χ4n) is 1.95. The number of hydrogen-bond donors (Lipinski definition) is 1. The summed E-state index contributed by atoms with van der Waals surface area (Å²) in [5.74, 6) is 2.05. The molecule has 0 radical (unpaired) electrons. The lowest BCUT2D eigenvalue weighted by Gasteiger charge is -2.20. The van der Waals surface area contributed by atoms with Gasteiger partial charge in [0.2, 0.25) is 0 Å². The lowest BCUT2D eigenvalue weighted by molar-refractivity contribution is 0.172. The van der Waals surface area contributed by atoms with Gasteiger partial charge in [0.05, 0.1) is 15.2 Å². The number of nitrogens with two attached hydrogens (primary N) is 1. The van der Waals surface area contributed by atoms with Crippen LogP contribution in [-0.4, -0.2) is 23.2 Å². The highest BCUT2D eigenvalue weighted by Crippen LogP contribution is 2.40. The van der Waals surface area contributed by atoms with E-state index < -0.39 is 0 Å². The van der Waals surface area contributed by atoms with Gasteiger partial charge in [-0.15, -0.1) is 0 Å². The molecule has 0 bridgehead atoms. The number of anilines is 1. The van der Waals surface area contributed by atoms with Crippen LogP contribution in [0.1, 0.15) is 5.69 Å². The average Bonchev–Trinajstić information content (AvgIpc) is 2.44. The summed E-state index contributed by atoms with van der Waals surface area (Å²) in [6, 6.07) is 3.56. The zero-order valence-electron chi connectivity index (χ0n) is 10.6. The highest BCUT2D eigenvalue weighted by atomic mass is 79.9. The molecule has 2 N–H and O–H groups in total. The van der Waals surface area contributed by atoms with Crippen molar-refractivity contribution in [1.82, 2.24) is 9.97 Å². The molecule has 0 aliphatic carbocycles. The predicted octanol–water partition coefficient (Wildman–Crippen LogP) is 3.22. The molecule has 2 aromatic rings. The minimum atomic E-state index is 0.388. The molecule has 1 aliphatic heterocycles. The second-order valence-electron chi connectivity index (χ2n) is 4.31. The Morgan fingerprint density at radius 2 is 2.00 bits per heavy atom. The van der Waals surface area contributed by atoms with Crippen LogP contribution in [0, 0.1) is 6.92 Å². The minimum Gasteiger partial charge on any atom is -0.486 e. The molecule has 0 saturated heterocycles. The molecule has 1 aliphatic rings. The fourth-order valence-corrected chi connectivity index (χ4v) is 2.39. The number of nitrogens with zero attached hydrogens (tertiary/aromatic N) is 2. The monoisotopic (exact) mass is 355 g/mol. The van der Waals surface area contributed by atoms with E-state index in [1.165, 1.54) is 0 Å². The van der Waals surface area contributed by atoms with Crippen molar-refractivity contribution in [3.8, 4) is 22.9 Å². The van der Waals surface area contributed by atoms with E-state index in [1.807, 2.05) is 13.0 Å². The fraction of sp³-hybridized carbons (Fsp3) is 0.231. The van der Waals surface area contributed by atoms with E-state index in [9.17, 15) is 0 Å². The first-order valence-electron chi connectivity index (χ1n) is 5.95. The van der Waals surface area contributed by atoms with Gasteiger partial charge >= 0.3 is 0 Å². The second-order valence-corrected chi connectivity index (χ2v) is 5.51. The van der Waals surface area contributed by atoms with Crippen molar-refractivity contribution in [1.29, 1.82) is 0 Å². The Morgan fingerprint density at radius 1 is 1.25 bits per heavy atom. The molecule has 7 heteroatoms. The van der Waals surface area contributed by atoms with Gasteiger partial charge in [0.25, 0.3) is 0 Å². The summed E-state index contributed by atoms with van der Waals surface area (Å²) in [5.41, 5.74) is 7.35. The van der Waals surface area contributed by atoms with Crippen LogP contribution in [0.3, 0.4) is 0 Å². The summed E-state index contributed by atoms with van der Waals surface area (Å²) in [7, 11) is 0. The van der Waals surface area contributed by atoms with Crippen molar-refractivity contribution >= 4 is 33.3 Å². The first-order chi connectivity index (χ1) is 9.56. The molecule has 0 unspecified atom stereocenters. The maximum Gasteiger partial charge on any atom is 0.179 e. The van der Waals surface area contributed by atoms with E-state index in [2.05, 4.69) is 25.9 Å². The maximum absolute atomic E-state index is 6.21. The summed E-state index contributed by atoms with van der Waals surface area (Å²) in [4.78, 5) is 8.66. The summed E-state index contributed by atoms with van der Waals surface area (Å²) < 4.78 is 11.7. The van der Waals surface area contributed by atoms with Gasteiger partial charge in [-0.05, 0) is 35.0 Å². The lowest BCUT2D eigenvalue weighted by Crippen LogP contribution is -2.15. The summed E-state index contributed by atoms with van der Waals surface area (Å²) in [6.07, 6.45) is 0. The number of hydrogen-bond acceptors (Lipinski definition) is 5. The van der Waals surface area contributed by atoms with Crippen LogP contribution < -0.4 is 15.2 Å². The van der Waals surface area contributed by atoms with Gasteiger partial charge < -0.3 is 15.2 Å². The first-order valence-corrected chi connectivity index (χ1v) is 7.12. The van der Waals surface area contributed by atoms with Gasteiger partial charge in [0, 0.05) is 5.56 Å². The Hall–Kier alpha value is -1.53. The number of benzene rings is 1. The molecule has 0 spiro atoms. The zero-order chi connectivity index (χ0) is 14.3. The van der Waals surface area contributed by atoms with Crippen molar-refractivity contribution in [2.45, 2.75) is 6.92 Å². The van der Waals surface area contributed by atoms with E-state index >= 15 is 0 Å². The van der Waals surface area contributed by atoms with Gasteiger partial charge in [-0.1, -0.05) is 11.6 Å². The summed E-state index contributed by atoms with van der Waals surface area (Å²) in [5, 5.41) is 0.472. The van der Waals surface area contributed by atoms with E-state index in [0.717, 1.165) is 11.3 Å². The first kappa shape index (κ1) is 13.5. The molecule has 0 fully saturated rings. The largest absolute Gasteiger partial charge is 0.486 e. The number of rotatable bonds is 1. The lowest BCUT2D eigenvalue weighted by atomic mass is 10.1. The highest BCUT2D eigenvalue weighted by Gasteiger charge is 2.19. The number of nitrogen functional groups attached to an aromatic ring is 1. The predicted molar refractivity (Wildman–Crippen MR) is 80.3 cm³/mol. The Labute approximate surface area is 129 Å². The number of fused-ring (bicyclic) bond motifs is 1. The van der Waals surface area contributed by atoms with Crippen molar-refractivity contribution < 1.29 is 9.47 Å². The molecule has 5 nitrogen and oxygen atoms in total. The van der Waals surface area contributed by atoms with Gasteiger partial charge in [0.1, 0.15) is 19.0 Å². The third-order valence-corrected chi connectivity index (χ3v) is 4.16. The van der Waals surface area contributed by atoms with Crippen molar-refractivity contribution in [3.05, 3.63) is 27.3 Å². The molecular weight excluding hydrogens is 346 g/mol. The quantitative estimate of drug-likeness (QED) is 0.849. The smallest absolute Gasteiger partial charge is 0.179 e. The SMILES string of the molecule is Cc1nc(-c2cc(Cl)c3c(c2)OCCO3)nc(N)c1Br. The summed E-state index contributed by atoms with van der Waals surface area (Å²) >= 11 is 9.55. The Kier molecular flexibility index (Phi) is 3.43. The van der Waals surface area contributed by atoms with E-state index in [1.54, 1.807) is 6.07 Å². The molecule has 3 rings (SSSR count). The Morgan fingerprint density at radius 3 is 2.75 bits per heavy atom. The Bertz CT molecular complexity index is 671. The number of aryl methyl sites for hydroxylation is 1. The normalized spacial score (nSPS) is 13.3. The number of aromatic nitrogens is 2. The molecule has 0 atom stereocenters. The van der Waals surface area contributed by atoms with Crippen molar-refractivity contribution in [2.75, 3.05) is 18.9 Å². The molecule has 0 amide bonds. The number of halogens is 2. The van der Waals surface area contributed by atoms with Gasteiger partial charge in [-0.3, -0.25) is 0 Å². The molecule has 104 valence electrons. The van der Waals surface area contributed by atoms with E-state index in [0.29, 0.717) is 45.9 Å². The molecule has 1 aromatic heterocycles. The van der Waals surface area contributed by atoms with Crippen molar-refractivity contribution in [3.63, 3.8) is 0 Å². The van der Waals surface area contributed by atoms with Crippen LogP contribution >= 0.6 is 27.5 Å². The van der Waals surface area contributed by atoms with Crippen LogP contribution in [0.4, 0.5) is 5.82 Å². The van der Waals surface area contributed by atoms with Crippen molar-refractivity contribution in [2.24, 2.45) is 0 Å². The molecule has 1 aromatic carbocycles. The van der Waals surface area contributed by atoms with Crippen LogP contribution in [0.5, 0.6) is 11.5 Å². The summed E-state index contributed by atoms with van der Waals surface area (Å²) in [6.45, 7) is 2.84. The van der Waals surface area contributed by atoms with Crippen LogP contribution in [0.15, 0.2) is 16.6 Å². The maximum atomic E-state index is 6.21. The molecule has 20 heavy (non-hydrogen) atoms. The molecule has 2 heterocycles. The van der Waals surface area contributed by atoms with Gasteiger partial charge in [-0.25, -0.2) is 9.97 Å². The van der Waals surface area contributed by atoms with Gasteiger partial charge in [-0.2, -0.15) is 0 Å². The molecule has 0 saturated carbocycles. The zero-order valence-corrected chi connectivity index (χ0v) is 13.0. The van der Waals surface area contributed by atoms with E-state index in [4.69, 9.17) is 26.8 Å². The van der Waals surface area contributed by atoms with E-state index in [-0.39, 0.29) is 0 Å². The van der Waals surface area contributed by atoms with Crippen LogP contribution in [-0.2, 0) is 0 Å². The standard InChI is InChI=1S/C13H11BrClN3O2/c1-6-10(14)12(16)18-13(17-6)7-4-8(15)11-9(5-7)19-2-3-20-11/h4-5H,2-3H2,1H3,(H2,16,17,18). The van der Waals surface area contributed by atoms with Crippen LogP contribution in [0.25, 0.3) is 11.4 Å². The second kappa shape index (κ2) is 5.10. The average molecular weight is 357 g/mol. The topological polar surface area (TPSA) is 70.3 Å². The Balaban J connectivity index is 2.13. The highest BCUT2D eigenvalue weighted by molar-refractivity contribution is 9.10.